The summed E-state index contributed by atoms with van der Waals surface area (Å²) in [5, 5.41) is 5.29. The molecule has 1 aliphatic rings. The Morgan fingerprint density at radius 1 is 0.938 bits per heavy atom. The van der Waals surface area contributed by atoms with Crippen molar-refractivity contribution >= 4 is 34.8 Å². The van der Waals surface area contributed by atoms with Gasteiger partial charge in [-0.2, -0.15) is 0 Å². The van der Waals surface area contributed by atoms with E-state index in [0.717, 1.165) is 45.7 Å². The smallest absolute Gasteiger partial charge is 0.348 e. The lowest BCUT2D eigenvalue weighted by molar-refractivity contribution is -0.126. The molecule has 0 bridgehead atoms. The molecule has 1 aliphatic carbocycles. The molecule has 0 saturated carbocycles. The summed E-state index contributed by atoms with van der Waals surface area (Å²) >= 11 is 1.39. The van der Waals surface area contributed by atoms with Gasteiger partial charge < -0.3 is 15.4 Å². The minimum absolute atomic E-state index is 0.200. The van der Waals surface area contributed by atoms with Crippen molar-refractivity contribution in [3.8, 4) is 10.4 Å². The molecular weight excluding hydrogens is 424 g/mol. The number of anilines is 1. The first kappa shape index (κ1) is 21.8. The molecule has 164 valence electrons. The molecule has 0 unspecified atom stereocenters. The predicted octanol–water partition coefficient (Wildman–Crippen LogP) is 4.04. The van der Waals surface area contributed by atoms with Gasteiger partial charge in [-0.15, -0.1) is 11.3 Å². The van der Waals surface area contributed by atoms with Crippen molar-refractivity contribution in [2.75, 3.05) is 18.5 Å². The van der Waals surface area contributed by atoms with Crippen LogP contribution in [0.2, 0.25) is 0 Å². The lowest BCUT2D eigenvalue weighted by Gasteiger charge is -2.15. The maximum Gasteiger partial charge on any atom is 0.348 e. The van der Waals surface area contributed by atoms with Crippen molar-refractivity contribution in [2.45, 2.75) is 26.7 Å². The van der Waals surface area contributed by atoms with E-state index in [4.69, 9.17) is 4.74 Å². The fraction of sp³-hybridized carbons (Fsp3) is 0.240. The first-order valence-corrected chi connectivity index (χ1v) is 11.2. The van der Waals surface area contributed by atoms with E-state index in [1.165, 1.54) is 16.9 Å². The van der Waals surface area contributed by atoms with Gasteiger partial charge >= 0.3 is 5.97 Å². The molecule has 6 nitrogen and oxygen atoms in total. The normalized spacial score (nSPS) is 11.8. The molecule has 0 saturated heterocycles. The number of carbonyl (C=O) groups excluding carboxylic acids is 3. The van der Waals surface area contributed by atoms with E-state index in [9.17, 15) is 14.4 Å². The number of aryl methyl sites for hydroxylation is 4. The second kappa shape index (κ2) is 9.36. The Kier molecular flexibility index (Phi) is 6.37. The second-order valence-electron chi connectivity index (χ2n) is 7.79. The molecule has 3 aromatic rings. The van der Waals surface area contributed by atoms with E-state index < -0.39 is 18.5 Å². The molecule has 4 rings (SSSR count). The van der Waals surface area contributed by atoms with Crippen LogP contribution in [0.15, 0.2) is 48.5 Å². The Hall–Kier alpha value is -3.45. The number of carbonyl (C=O) groups is 3. The van der Waals surface area contributed by atoms with Gasteiger partial charge in [-0.3, -0.25) is 9.59 Å². The van der Waals surface area contributed by atoms with Crippen molar-refractivity contribution in [1.29, 1.82) is 0 Å². The molecule has 2 aromatic carbocycles. The van der Waals surface area contributed by atoms with Crippen LogP contribution in [0, 0.1) is 13.8 Å². The number of benzene rings is 2. The van der Waals surface area contributed by atoms with Crippen molar-refractivity contribution < 1.29 is 19.1 Å². The lowest BCUT2D eigenvalue weighted by atomic mass is 9.91. The van der Waals surface area contributed by atoms with Gasteiger partial charge in [-0.25, -0.2) is 4.79 Å². The summed E-state index contributed by atoms with van der Waals surface area (Å²) in [5.74, 6) is -1.40. The minimum atomic E-state index is -0.531. The summed E-state index contributed by atoms with van der Waals surface area (Å²) in [5.41, 5.74) is 6.19. The highest BCUT2D eigenvalue weighted by Gasteiger charge is 2.22. The summed E-state index contributed by atoms with van der Waals surface area (Å²) in [6.45, 7) is 3.17. The number of nitrogens with one attached hydrogen (secondary N) is 2. The third-order valence-electron chi connectivity index (χ3n) is 5.46. The van der Waals surface area contributed by atoms with Gasteiger partial charge in [0.25, 0.3) is 5.91 Å². The summed E-state index contributed by atoms with van der Waals surface area (Å²) in [6, 6.07) is 15.8. The van der Waals surface area contributed by atoms with Gasteiger partial charge in [0.05, 0.1) is 6.54 Å². The van der Waals surface area contributed by atoms with Crippen molar-refractivity contribution in [3.63, 3.8) is 0 Å². The van der Waals surface area contributed by atoms with Gasteiger partial charge in [-0.1, -0.05) is 42.5 Å². The second-order valence-corrected chi connectivity index (χ2v) is 8.84. The molecule has 0 fully saturated rings. The van der Waals surface area contributed by atoms with Gasteiger partial charge in [0, 0.05) is 10.6 Å². The molecule has 2 N–H and O–H groups in total. The molecule has 1 heterocycles. The van der Waals surface area contributed by atoms with Crippen LogP contribution in [-0.4, -0.2) is 30.9 Å². The molecule has 32 heavy (non-hydrogen) atoms. The third-order valence-corrected chi connectivity index (χ3v) is 6.65. The lowest BCUT2D eigenvalue weighted by Crippen LogP contribution is -2.35. The van der Waals surface area contributed by atoms with E-state index in [1.54, 1.807) is 0 Å². The van der Waals surface area contributed by atoms with E-state index in [2.05, 4.69) is 22.8 Å². The van der Waals surface area contributed by atoms with Crippen LogP contribution in [0.25, 0.3) is 10.4 Å². The number of ether oxygens (including phenoxy) is 1. The third kappa shape index (κ3) is 4.73. The van der Waals surface area contributed by atoms with Crippen LogP contribution in [0.5, 0.6) is 0 Å². The quantitative estimate of drug-likeness (QED) is 0.558. The van der Waals surface area contributed by atoms with Crippen molar-refractivity contribution in [2.24, 2.45) is 0 Å². The predicted molar refractivity (Wildman–Crippen MR) is 125 cm³/mol. The Labute approximate surface area is 190 Å². The molecule has 2 amide bonds. The van der Waals surface area contributed by atoms with Crippen LogP contribution >= 0.6 is 11.3 Å². The zero-order valence-electron chi connectivity index (χ0n) is 18.0. The van der Waals surface area contributed by atoms with Crippen LogP contribution in [0.4, 0.5) is 5.69 Å². The number of hydrogen-bond donors (Lipinski definition) is 2. The fourth-order valence-corrected chi connectivity index (χ4v) is 4.96. The maximum absolute atomic E-state index is 12.5. The molecule has 7 heteroatoms. The maximum atomic E-state index is 12.5. The average Bonchev–Trinajstić information content (AvgIpc) is 3.24. The molecular formula is C25H24N2O4S. The molecule has 0 atom stereocenters. The Morgan fingerprint density at radius 2 is 1.66 bits per heavy atom. The number of fused-ring (bicyclic) bond motifs is 3. The van der Waals surface area contributed by atoms with Crippen molar-refractivity contribution in [1.82, 2.24) is 5.32 Å². The first-order chi connectivity index (χ1) is 15.4. The molecule has 1 aromatic heterocycles. The number of para-hydroxylation sites is 1. The number of hydrogen-bond acceptors (Lipinski definition) is 5. The van der Waals surface area contributed by atoms with Crippen LogP contribution in [0.1, 0.15) is 31.9 Å². The summed E-state index contributed by atoms with van der Waals surface area (Å²) < 4.78 is 5.17. The average molecular weight is 449 g/mol. The number of esters is 1. The highest BCUT2D eigenvalue weighted by molar-refractivity contribution is 7.17. The van der Waals surface area contributed by atoms with Gasteiger partial charge in [0.15, 0.2) is 6.61 Å². The zero-order chi connectivity index (χ0) is 22.7. The highest BCUT2D eigenvalue weighted by atomic mass is 32.1. The number of amides is 2. The van der Waals surface area contributed by atoms with Crippen LogP contribution in [0.3, 0.4) is 0 Å². The Balaban J connectivity index is 1.28. The topological polar surface area (TPSA) is 84.5 Å². The van der Waals surface area contributed by atoms with Crippen LogP contribution < -0.4 is 10.6 Å². The molecule has 0 aliphatic heterocycles. The highest BCUT2D eigenvalue weighted by Crippen LogP contribution is 2.39. The summed E-state index contributed by atoms with van der Waals surface area (Å²) in [4.78, 5) is 38.3. The van der Waals surface area contributed by atoms with E-state index in [-0.39, 0.29) is 12.5 Å². The van der Waals surface area contributed by atoms with Crippen molar-refractivity contribution in [3.05, 3.63) is 75.7 Å². The van der Waals surface area contributed by atoms with E-state index >= 15 is 0 Å². The SMILES string of the molecule is Cc1cccc(C)c1NC(=O)CNC(=O)COC(=O)c1cc2c(s1)-c1ccccc1CC2. The molecule has 0 radical (unpaired) electrons. The van der Waals surface area contributed by atoms with E-state index in [0.29, 0.717) is 4.88 Å². The van der Waals surface area contributed by atoms with E-state index in [1.807, 2.05) is 50.2 Å². The van der Waals surface area contributed by atoms with Gasteiger partial charge in [-0.05, 0) is 60.6 Å². The molecule has 0 spiro atoms. The van der Waals surface area contributed by atoms with Gasteiger partial charge in [0.1, 0.15) is 4.88 Å². The first-order valence-electron chi connectivity index (χ1n) is 10.4. The Morgan fingerprint density at radius 3 is 2.44 bits per heavy atom. The monoisotopic (exact) mass is 448 g/mol. The zero-order valence-corrected chi connectivity index (χ0v) is 18.8. The standard InChI is InChI=1S/C25H24N2O4S/c1-15-6-5-7-16(2)23(15)27-21(28)13-26-22(29)14-31-25(30)20-12-18-11-10-17-8-3-4-9-19(17)24(18)32-20/h3-9,12H,10-11,13-14H2,1-2H3,(H,26,29)(H,27,28). The minimum Gasteiger partial charge on any atom is -0.451 e. The largest absolute Gasteiger partial charge is 0.451 e. The summed E-state index contributed by atoms with van der Waals surface area (Å²) in [6.07, 6.45) is 1.83. The summed E-state index contributed by atoms with van der Waals surface area (Å²) in [7, 11) is 0. The van der Waals surface area contributed by atoms with Gasteiger partial charge in [0.2, 0.25) is 5.91 Å². The fourth-order valence-electron chi connectivity index (χ4n) is 3.80. The number of thiophene rings is 1. The number of rotatable bonds is 6. The van der Waals surface area contributed by atoms with Crippen LogP contribution in [-0.2, 0) is 27.2 Å². The Bertz CT molecular complexity index is 1180.